The van der Waals surface area contributed by atoms with Crippen LogP contribution < -0.4 is 5.32 Å². The van der Waals surface area contributed by atoms with Crippen LogP contribution >= 0.6 is 0 Å². The third kappa shape index (κ3) is 3.88. The fourth-order valence-electron chi connectivity index (χ4n) is 2.56. The molecule has 24 heavy (non-hydrogen) atoms. The van der Waals surface area contributed by atoms with E-state index < -0.39 is 0 Å². The molecule has 0 fully saturated rings. The first kappa shape index (κ1) is 19.5. The van der Waals surface area contributed by atoms with E-state index in [-0.39, 0.29) is 5.91 Å². The Balaban J connectivity index is 0.00000139. The topological polar surface area (TPSA) is 66.0 Å². The summed E-state index contributed by atoms with van der Waals surface area (Å²) in [5.74, 6) is -0.0153. The Morgan fingerprint density at radius 1 is 1.46 bits per heavy atom. The van der Waals surface area contributed by atoms with E-state index in [9.17, 15) is 4.79 Å². The Morgan fingerprint density at radius 2 is 2.12 bits per heavy atom. The summed E-state index contributed by atoms with van der Waals surface area (Å²) in [5, 5.41) is 9.95. The van der Waals surface area contributed by atoms with Crippen molar-refractivity contribution in [2.75, 3.05) is 20.6 Å². The molecule has 132 valence electrons. The van der Waals surface area contributed by atoms with E-state index in [1.165, 1.54) is 0 Å². The summed E-state index contributed by atoms with van der Waals surface area (Å²) in [6, 6.07) is 1.86. The van der Waals surface area contributed by atoms with Crippen LogP contribution in [0.5, 0.6) is 0 Å². The first-order chi connectivity index (χ1) is 11.5. The van der Waals surface area contributed by atoms with Crippen LogP contribution in [0.15, 0.2) is 25.0 Å². The maximum absolute atomic E-state index is 12.9. The van der Waals surface area contributed by atoms with Crippen molar-refractivity contribution >= 4 is 11.6 Å². The van der Waals surface area contributed by atoms with Crippen molar-refractivity contribution in [2.45, 2.75) is 27.2 Å². The molecule has 0 atom stereocenters. The number of carbonyl (C=O) groups is 1. The van der Waals surface area contributed by atoms with Crippen molar-refractivity contribution in [3.05, 3.63) is 36.3 Å². The zero-order valence-corrected chi connectivity index (χ0v) is 15.6. The van der Waals surface area contributed by atoms with Gasteiger partial charge in [0.2, 0.25) is 0 Å². The molecule has 2 aromatic heterocycles. The van der Waals surface area contributed by atoms with Gasteiger partial charge in [-0.05, 0) is 12.5 Å². The number of aromatic amines is 1. The highest BCUT2D eigenvalue weighted by molar-refractivity contribution is 6.04. The summed E-state index contributed by atoms with van der Waals surface area (Å²) in [7, 11) is 5.53. The molecule has 0 spiro atoms. The predicted octanol–water partition coefficient (Wildman–Crippen LogP) is 3.11. The number of aryl methyl sites for hydroxylation is 1. The van der Waals surface area contributed by atoms with Crippen LogP contribution in [0.2, 0.25) is 0 Å². The maximum atomic E-state index is 12.9. The van der Waals surface area contributed by atoms with Gasteiger partial charge in [-0.15, -0.1) is 0 Å². The lowest BCUT2D eigenvalue weighted by molar-refractivity contribution is 0.0795. The number of hydrogen-bond acceptors (Lipinski definition) is 3. The van der Waals surface area contributed by atoms with E-state index in [0.717, 1.165) is 23.4 Å². The molecule has 1 amide bonds. The summed E-state index contributed by atoms with van der Waals surface area (Å²) < 4.78 is 1.92. The fourth-order valence-corrected chi connectivity index (χ4v) is 2.56. The van der Waals surface area contributed by atoms with Gasteiger partial charge < -0.3 is 14.8 Å². The minimum atomic E-state index is -0.0153. The zero-order chi connectivity index (χ0) is 18.3. The second kappa shape index (κ2) is 8.96. The molecule has 0 aliphatic carbocycles. The smallest absolute Gasteiger partial charge is 0.256 e. The Hall–Kier alpha value is -2.50. The van der Waals surface area contributed by atoms with Crippen LogP contribution in [0.4, 0.5) is 0 Å². The minimum absolute atomic E-state index is 0.0153. The van der Waals surface area contributed by atoms with Crippen LogP contribution in [0.25, 0.3) is 17.0 Å². The van der Waals surface area contributed by atoms with Gasteiger partial charge >= 0.3 is 0 Å². The number of amides is 1. The lowest BCUT2D eigenvalue weighted by Crippen LogP contribution is -2.29. The van der Waals surface area contributed by atoms with Crippen LogP contribution in [0.1, 0.15) is 43.2 Å². The van der Waals surface area contributed by atoms with Crippen molar-refractivity contribution in [3.63, 3.8) is 0 Å². The van der Waals surface area contributed by atoms with E-state index in [1.807, 2.05) is 44.8 Å². The quantitative estimate of drug-likeness (QED) is 0.855. The minimum Gasteiger partial charge on any atom is -0.387 e. The molecule has 0 saturated heterocycles. The van der Waals surface area contributed by atoms with Gasteiger partial charge in [-0.25, -0.2) is 0 Å². The highest BCUT2D eigenvalue weighted by Gasteiger charge is 2.25. The molecule has 0 radical (unpaired) electrons. The molecule has 0 unspecified atom stereocenters. The molecule has 0 saturated carbocycles. The molecule has 2 aromatic rings. The molecule has 6 heteroatoms. The number of nitrogens with one attached hydrogen (secondary N) is 2. The maximum Gasteiger partial charge on any atom is 0.256 e. The zero-order valence-electron chi connectivity index (χ0n) is 15.6. The molecule has 0 aliphatic rings. The summed E-state index contributed by atoms with van der Waals surface area (Å²) >= 11 is 0. The number of H-pyrrole nitrogens is 1. The van der Waals surface area contributed by atoms with Gasteiger partial charge in [0, 0.05) is 45.6 Å². The third-order valence-corrected chi connectivity index (χ3v) is 3.68. The Labute approximate surface area is 144 Å². The van der Waals surface area contributed by atoms with Gasteiger partial charge in [0.1, 0.15) is 0 Å². The number of aromatic nitrogens is 3. The first-order valence-corrected chi connectivity index (χ1v) is 8.32. The SMILES string of the molecule is C=C(NC)c1c(C(=O)N(C)CCC)c(-c2ccn[nH]2)cn1C.CC. The second-order valence-corrected chi connectivity index (χ2v) is 5.30. The van der Waals surface area contributed by atoms with Gasteiger partial charge in [0.25, 0.3) is 5.91 Å². The molecule has 2 N–H and O–H groups in total. The molecule has 0 bridgehead atoms. The summed E-state index contributed by atoms with van der Waals surface area (Å²) in [4.78, 5) is 14.7. The van der Waals surface area contributed by atoms with E-state index in [2.05, 4.69) is 29.0 Å². The van der Waals surface area contributed by atoms with Crippen molar-refractivity contribution in [2.24, 2.45) is 7.05 Å². The summed E-state index contributed by atoms with van der Waals surface area (Å²) in [5.41, 5.74) is 3.79. The average molecular weight is 331 g/mol. The molecule has 2 heterocycles. The predicted molar refractivity (Wildman–Crippen MR) is 99.7 cm³/mol. The van der Waals surface area contributed by atoms with E-state index >= 15 is 0 Å². The monoisotopic (exact) mass is 331 g/mol. The van der Waals surface area contributed by atoms with Crippen LogP contribution in [0, 0.1) is 0 Å². The molecular weight excluding hydrogens is 302 g/mol. The largest absolute Gasteiger partial charge is 0.387 e. The fraction of sp³-hybridized carbons (Fsp3) is 0.444. The average Bonchev–Trinajstić information content (AvgIpc) is 3.23. The summed E-state index contributed by atoms with van der Waals surface area (Å²) in [6.45, 7) is 10.8. The van der Waals surface area contributed by atoms with Crippen LogP contribution in [-0.4, -0.2) is 46.2 Å². The van der Waals surface area contributed by atoms with Crippen molar-refractivity contribution < 1.29 is 4.79 Å². The number of carbonyl (C=O) groups excluding carboxylic acids is 1. The van der Waals surface area contributed by atoms with Gasteiger partial charge in [-0.3, -0.25) is 9.89 Å². The molecule has 0 aliphatic heterocycles. The third-order valence-electron chi connectivity index (χ3n) is 3.68. The molecular formula is C18H29N5O. The van der Waals surface area contributed by atoms with Crippen LogP contribution in [0.3, 0.4) is 0 Å². The van der Waals surface area contributed by atoms with E-state index in [4.69, 9.17) is 0 Å². The van der Waals surface area contributed by atoms with Crippen molar-refractivity contribution in [1.29, 1.82) is 0 Å². The highest BCUT2D eigenvalue weighted by Crippen LogP contribution is 2.30. The normalized spacial score (nSPS) is 9.92. The molecule has 2 rings (SSSR count). The van der Waals surface area contributed by atoms with Crippen molar-refractivity contribution in [1.82, 2.24) is 25.0 Å². The lowest BCUT2D eigenvalue weighted by Gasteiger charge is -2.18. The Morgan fingerprint density at radius 3 is 2.62 bits per heavy atom. The second-order valence-electron chi connectivity index (χ2n) is 5.30. The van der Waals surface area contributed by atoms with Gasteiger partial charge in [-0.2, -0.15) is 5.10 Å². The van der Waals surface area contributed by atoms with E-state index in [1.54, 1.807) is 18.1 Å². The number of hydrogen-bond donors (Lipinski definition) is 2. The lowest BCUT2D eigenvalue weighted by atomic mass is 10.1. The standard InChI is InChI=1S/C16H23N5O.C2H6/c1-6-9-20(4)16(22)14-12(13-7-8-18-19-13)10-21(5)15(14)11(2)17-3;1-2/h7-8,10,17H,2,6,9H2,1,3-5H3,(H,18,19);1-2H3. The molecule has 6 nitrogen and oxygen atoms in total. The van der Waals surface area contributed by atoms with Gasteiger partial charge in [0.15, 0.2) is 0 Å². The summed E-state index contributed by atoms with van der Waals surface area (Å²) in [6.07, 6.45) is 4.52. The Kier molecular flexibility index (Phi) is 7.30. The molecule has 0 aromatic carbocycles. The van der Waals surface area contributed by atoms with Crippen molar-refractivity contribution in [3.8, 4) is 11.3 Å². The highest BCUT2D eigenvalue weighted by atomic mass is 16.2. The van der Waals surface area contributed by atoms with E-state index in [0.29, 0.717) is 17.8 Å². The first-order valence-electron chi connectivity index (χ1n) is 8.32. The van der Waals surface area contributed by atoms with Gasteiger partial charge in [-0.1, -0.05) is 27.4 Å². The van der Waals surface area contributed by atoms with Crippen LogP contribution in [-0.2, 0) is 7.05 Å². The number of nitrogens with zero attached hydrogens (tertiary/aromatic N) is 3. The Bertz CT molecular complexity index is 670. The van der Waals surface area contributed by atoms with Gasteiger partial charge in [0.05, 0.1) is 22.6 Å². The number of rotatable bonds is 6.